The second kappa shape index (κ2) is 7.23. The van der Waals surface area contributed by atoms with E-state index in [2.05, 4.69) is 31.4 Å². The van der Waals surface area contributed by atoms with E-state index in [1.54, 1.807) is 11.8 Å². The monoisotopic (exact) mass is 314 g/mol. The van der Waals surface area contributed by atoms with Crippen LogP contribution in [0.2, 0.25) is 0 Å². The van der Waals surface area contributed by atoms with Gasteiger partial charge in [0, 0.05) is 17.8 Å². The Bertz CT molecular complexity index is 356. The summed E-state index contributed by atoms with van der Waals surface area (Å²) in [6.07, 6.45) is 5.48. The van der Waals surface area contributed by atoms with Gasteiger partial charge in [0.1, 0.15) is 0 Å². The van der Waals surface area contributed by atoms with Gasteiger partial charge in [0.05, 0.1) is 5.60 Å². The van der Waals surface area contributed by atoms with Crippen LogP contribution in [0.4, 0.5) is 4.79 Å². The van der Waals surface area contributed by atoms with Crippen LogP contribution in [0.3, 0.4) is 0 Å². The highest BCUT2D eigenvalue weighted by atomic mass is 32.2. The van der Waals surface area contributed by atoms with E-state index >= 15 is 0 Å². The van der Waals surface area contributed by atoms with E-state index in [9.17, 15) is 9.90 Å². The second-order valence-electron chi connectivity index (χ2n) is 6.82. The summed E-state index contributed by atoms with van der Waals surface area (Å²) in [7, 11) is 0. The zero-order chi connectivity index (χ0) is 15.5. The number of carbonyl (C=O) groups excluding carboxylic acids is 1. The van der Waals surface area contributed by atoms with E-state index in [1.807, 2.05) is 0 Å². The highest BCUT2D eigenvalue weighted by Gasteiger charge is 2.45. The SMILES string of the molecule is CCSC1CCC1(O)CNC(=O)NC1C(C)CCCC1C. The smallest absolute Gasteiger partial charge is 0.315 e. The second-order valence-corrected chi connectivity index (χ2v) is 8.30. The van der Waals surface area contributed by atoms with Gasteiger partial charge in [-0.25, -0.2) is 4.79 Å². The van der Waals surface area contributed by atoms with Crippen molar-refractivity contribution < 1.29 is 9.90 Å². The van der Waals surface area contributed by atoms with E-state index in [-0.39, 0.29) is 17.3 Å². The zero-order valence-corrected chi connectivity index (χ0v) is 14.3. The number of rotatable bonds is 5. The van der Waals surface area contributed by atoms with E-state index in [0.29, 0.717) is 18.4 Å². The molecule has 0 saturated heterocycles. The predicted molar refractivity (Wildman–Crippen MR) is 88.6 cm³/mol. The van der Waals surface area contributed by atoms with Gasteiger partial charge in [0.15, 0.2) is 0 Å². The minimum Gasteiger partial charge on any atom is -0.387 e. The largest absolute Gasteiger partial charge is 0.387 e. The topological polar surface area (TPSA) is 61.4 Å². The number of amides is 2. The number of urea groups is 1. The summed E-state index contributed by atoms with van der Waals surface area (Å²) in [5, 5.41) is 16.8. The third-order valence-electron chi connectivity index (χ3n) is 5.20. The summed E-state index contributed by atoms with van der Waals surface area (Å²) in [5.74, 6) is 2.08. The molecule has 0 heterocycles. The Hall–Kier alpha value is -0.420. The first-order valence-corrected chi connectivity index (χ1v) is 9.39. The van der Waals surface area contributed by atoms with Crippen LogP contribution < -0.4 is 10.6 Å². The fourth-order valence-corrected chi connectivity index (χ4v) is 4.84. The minimum absolute atomic E-state index is 0.124. The Balaban J connectivity index is 1.77. The molecule has 0 aromatic rings. The van der Waals surface area contributed by atoms with Crippen molar-refractivity contribution in [2.24, 2.45) is 11.8 Å². The molecule has 4 nitrogen and oxygen atoms in total. The summed E-state index contributed by atoms with van der Waals surface area (Å²) in [6, 6.07) is 0.136. The van der Waals surface area contributed by atoms with Crippen LogP contribution >= 0.6 is 11.8 Å². The number of hydrogen-bond acceptors (Lipinski definition) is 3. The van der Waals surface area contributed by atoms with Crippen LogP contribution in [-0.4, -0.2) is 40.3 Å². The lowest BCUT2D eigenvalue weighted by Gasteiger charge is -2.45. The number of thioether (sulfide) groups is 1. The first-order chi connectivity index (χ1) is 9.96. The Labute approximate surface area is 132 Å². The number of carbonyl (C=O) groups is 1. The van der Waals surface area contributed by atoms with Crippen LogP contribution in [0, 0.1) is 11.8 Å². The summed E-state index contributed by atoms with van der Waals surface area (Å²) in [6.45, 7) is 6.91. The van der Waals surface area contributed by atoms with Gasteiger partial charge in [-0.3, -0.25) is 0 Å². The lowest BCUT2D eigenvalue weighted by atomic mass is 9.78. The van der Waals surface area contributed by atoms with Gasteiger partial charge in [-0.15, -0.1) is 0 Å². The Kier molecular flexibility index (Phi) is 5.83. The van der Waals surface area contributed by atoms with Gasteiger partial charge >= 0.3 is 6.03 Å². The van der Waals surface area contributed by atoms with Crippen LogP contribution in [-0.2, 0) is 0 Å². The molecule has 4 atom stereocenters. The molecule has 4 unspecified atom stereocenters. The number of hydrogen-bond donors (Lipinski definition) is 3. The maximum Gasteiger partial charge on any atom is 0.315 e. The minimum atomic E-state index is -0.707. The highest BCUT2D eigenvalue weighted by Crippen LogP contribution is 2.40. The zero-order valence-electron chi connectivity index (χ0n) is 13.5. The van der Waals surface area contributed by atoms with Crippen LogP contribution in [0.5, 0.6) is 0 Å². The van der Waals surface area contributed by atoms with E-state index in [4.69, 9.17) is 0 Å². The fourth-order valence-electron chi connectivity index (χ4n) is 3.64. The van der Waals surface area contributed by atoms with Gasteiger partial charge in [0.2, 0.25) is 0 Å². The number of nitrogens with one attached hydrogen (secondary N) is 2. The molecule has 2 rings (SSSR count). The maximum absolute atomic E-state index is 12.1. The average Bonchev–Trinajstić information content (AvgIpc) is 2.45. The molecular weight excluding hydrogens is 284 g/mol. The summed E-state index contributed by atoms with van der Waals surface area (Å²) in [5.41, 5.74) is -0.707. The molecule has 2 amide bonds. The van der Waals surface area contributed by atoms with Crippen molar-refractivity contribution in [2.45, 2.75) is 69.8 Å². The lowest BCUT2D eigenvalue weighted by Crippen LogP contribution is -2.59. The predicted octanol–water partition coefficient (Wildman–Crippen LogP) is 2.76. The van der Waals surface area contributed by atoms with E-state index in [0.717, 1.165) is 18.6 Å². The van der Waals surface area contributed by atoms with Crippen molar-refractivity contribution in [2.75, 3.05) is 12.3 Å². The maximum atomic E-state index is 12.1. The van der Waals surface area contributed by atoms with Gasteiger partial charge in [0.25, 0.3) is 0 Å². The van der Waals surface area contributed by atoms with Crippen LogP contribution in [0.15, 0.2) is 0 Å². The Morgan fingerprint density at radius 2 is 1.95 bits per heavy atom. The molecule has 0 spiro atoms. The molecule has 2 saturated carbocycles. The summed E-state index contributed by atoms with van der Waals surface area (Å²) < 4.78 is 0. The van der Waals surface area contributed by atoms with Gasteiger partial charge in [-0.1, -0.05) is 27.2 Å². The van der Waals surface area contributed by atoms with E-state index < -0.39 is 5.60 Å². The van der Waals surface area contributed by atoms with Crippen molar-refractivity contribution >= 4 is 17.8 Å². The summed E-state index contributed by atoms with van der Waals surface area (Å²) >= 11 is 1.79. The van der Waals surface area contributed by atoms with Crippen molar-refractivity contribution in [3.8, 4) is 0 Å². The third-order valence-corrected chi connectivity index (χ3v) is 6.61. The molecule has 0 radical (unpaired) electrons. The first kappa shape index (κ1) is 16.9. The van der Waals surface area contributed by atoms with E-state index in [1.165, 1.54) is 19.3 Å². The molecule has 3 N–H and O–H groups in total. The molecule has 2 aliphatic carbocycles. The fraction of sp³-hybridized carbons (Fsp3) is 0.938. The third kappa shape index (κ3) is 4.07. The average molecular weight is 314 g/mol. The van der Waals surface area contributed by atoms with Crippen molar-refractivity contribution in [1.29, 1.82) is 0 Å². The first-order valence-electron chi connectivity index (χ1n) is 8.34. The molecule has 0 aromatic carbocycles. The molecule has 0 bridgehead atoms. The molecule has 5 heteroatoms. The Morgan fingerprint density at radius 3 is 2.48 bits per heavy atom. The Morgan fingerprint density at radius 1 is 1.29 bits per heavy atom. The lowest BCUT2D eigenvalue weighted by molar-refractivity contribution is -0.0211. The molecule has 0 aliphatic heterocycles. The standard InChI is InChI=1S/C16H30N2O2S/c1-4-21-13-8-9-16(13,20)10-17-15(19)18-14-11(2)6-5-7-12(14)3/h11-14,20H,4-10H2,1-3H3,(H2,17,18,19). The van der Waals surface area contributed by atoms with Crippen molar-refractivity contribution in [3.63, 3.8) is 0 Å². The van der Waals surface area contributed by atoms with Crippen molar-refractivity contribution in [3.05, 3.63) is 0 Å². The molecule has 2 fully saturated rings. The molecule has 2 aliphatic rings. The van der Waals surface area contributed by atoms with Crippen LogP contribution in [0.1, 0.15) is 52.9 Å². The van der Waals surface area contributed by atoms with Gasteiger partial charge in [-0.2, -0.15) is 11.8 Å². The molecule has 21 heavy (non-hydrogen) atoms. The molecular formula is C16H30N2O2S. The van der Waals surface area contributed by atoms with Gasteiger partial charge in [-0.05, 0) is 43.3 Å². The number of aliphatic hydroxyl groups is 1. The van der Waals surface area contributed by atoms with Crippen molar-refractivity contribution in [1.82, 2.24) is 10.6 Å². The highest BCUT2D eigenvalue weighted by molar-refractivity contribution is 8.00. The normalized spacial score (nSPS) is 39.4. The summed E-state index contributed by atoms with van der Waals surface area (Å²) in [4.78, 5) is 12.1. The quantitative estimate of drug-likeness (QED) is 0.731. The molecule has 122 valence electrons. The van der Waals surface area contributed by atoms with Crippen LogP contribution in [0.25, 0.3) is 0 Å². The van der Waals surface area contributed by atoms with Gasteiger partial charge < -0.3 is 15.7 Å². The molecule has 0 aromatic heterocycles.